The summed E-state index contributed by atoms with van der Waals surface area (Å²) < 4.78 is 3.84. The molecule has 2 aromatic heterocycles. The third-order valence-corrected chi connectivity index (χ3v) is 9.54. The van der Waals surface area contributed by atoms with Crippen LogP contribution in [0.2, 0.25) is 0 Å². The molecule has 5 aromatic carbocycles. The van der Waals surface area contributed by atoms with E-state index in [-0.39, 0.29) is 65.5 Å². The molecular weight excluding hydrogens is 566 g/mol. The van der Waals surface area contributed by atoms with Crippen molar-refractivity contribution >= 4 is 203 Å². The predicted octanol–water partition coefficient (Wildman–Crippen LogP) is -5.30. The Labute approximate surface area is 296 Å². The normalized spacial score (nSPS) is 12.2. The summed E-state index contributed by atoms with van der Waals surface area (Å²) in [6, 6.07) is 14.0. The number of nitrogens with zero attached hydrogens (tertiary/aromatic N) is 2. The van der Waals surface area contributed by atoms with E-state index in [2.05, 4.69) is 32.9 Å². The van der Waals surface area contributed by atoms with E-state index in [9.17, 15) is 0 Å². The Morgan fingerprint density at radius 1 is 0.417 bits per heavy atom. The van der Waals surface area contributed by atoms with Gasteiger partial charge in [0.15, 0.2) is 0 Å². The molecular formula is C34H16B12N2. The smallest absolute Gasteiger partial charge is 0.115 e. The second-order valence-corrected chi connectivity index (χ2v) is 13.3. The molecule has 0 aliphatic heterocycles. The summed E-state index contributed by atoms with van der Waals surface area (Å²) in [5, 5.41) is 2.21. The summed E-state index contributed by atoms with van der Waals surface area (Å²) in [5.41, 5.74) is 6.83. The van der Waals surface area contributed by atoms with Crippen LogP contribution in [0, 0.1) is 0 Å². The van der Waals surface area contributed by atoms with Crippen molar-refractivity contribution in [1.29, 1.82) is 0 Å². The van der Waals surface area contributed by atoms with Gasteiger partial charge < -0.3 is 9.13 Å². The molecule has 0 N–H and O–H groups in total. The van der Waals surface area contributed by atoms with Crippen molar-refractivity contribution in [2.75, 3.05) is 0 Å². The van der Waals surface area contributed by atoms with Gasteiger partial charge in [0.2, 0.25) is 0 Å². The van der Waals surface area contributed by atoms with Crippen LogP contribution < -0.4 is 65.6 Å². The average molecular weight is 582 g/mol. The highest BCUT2D eigenvalue weighted by Crippen LogP contribution is 2.35. The highest BCUT2D eigenvalue weighted by molar-refractivity contribution is 6.72. The van der Waals surface area contributed by atoms with E-state index < -0.39 is 0 Å². The van der Waals surface area contributed by atoms with E-state index in [0.29, 0.717) is 43.9 Å². The Hall–Kier alpha value is -3.52. The number of fused-ring (bicyclic) bond motifs is 6. The molecule has 0 aliphatic carbocycles. The number of aromatic nitrogens is 2. The molecule has 0 unspecified atom stereocenters. The van der Waals surface area contributed by atoms with Crippen LogP contribution in [0.25, 0.3) is 55.0 Å². The van der Waals surface area contributed by atoms with Crippen molar-refractivity contribution in [3.05, 3.63) is 48.0 Å². The summed E-state index contributed by atoms with van der Waals surface area (Å²) in [7, 11) is 78.3. The summed E-state index contributed by atoms with van der Waals surface area (Å²) in [6.45, 7) is 6.45. The van der Waals surface area contributed by atoms with Crippen molar-refractivity contribution < 1.29 is 0 Å². The molecule has 48 heavy (non-hydrogen) atoms. The standard InChI is InChI=1S/C34H16B12N2/c1-34(2,3)11-5-4-6-12(9-11)47-15-8-7-13(10-14(15)16-19(35)22(38)25(41)28(44)31(16)47)48-32-17(20(36)23(39)26(42)29(32)45)18-21(37)24(40)27(43)30(46)33(18)48/h4-10H,1-3H3. The van der Waals surface area contributed by atoms with Crippen LogP contribution in [-0.4, -0.2) is 103 Å². The first-order chi connectivity index (χ1) is 22.5. The Bertz CT molecular complexity index is 2500. The third kappa shape index (κ3) is 4.36. The SMILES string of the molecule is [B]c1c([B])c([B])c2c(c1[B])c1cc(-n3c4c([B])c([B])c([B])c([B])c4c4c([B])c([B])c([B])c([B])c43)ccc1n2-c1cccc(C(C)(C)C)c1. The lowest BCUT2D eigenvalue weighted by Crippen LogP contribution is -2.49. The lowest BCUT2D eigenvalue weighted by molar-refractivity contribution is 0.590. The van der Waals surface area contributed by atoms with Gasteiger partial charge in [0.1, 0.15) is 94.2 Å². The van der Waals surface area contributed by atoms with Crippen molar-refractivity contribution in [2.45, 2.75) is 26.2 Å². The van der Waals surface area contributed by atoms with E-state index >= 15 is 0 Å². The van der Waals surface area contributed by atoms with E-state index in [1.807, 2.05) is 34.9 Å². The maximum Gasteiger partial charge on any atom is 0.115 e. The Morgan fingerprint density at radius 2 is 0.833 bits per heavy atom. The minimum atomic E-state index is -0.119. The van der Waals surface area contributed by atoms with Crippen molar-refractivity contribution in [2.24, 2.45) is 0 Å². The van der Waals surface area contributed by atoms with Crippen LogP contribution in [-0.2, 0) is 5.41 Å². The molecule has 0 spiro atoms. The molecule has 2 heterocycles. The first kappa shape index (κ1) is 33.0. The van der Waals surface area contributed by atoms with Gasteiger partial charge in [-0.2, -0.15) is 0 Å². The number of hydrogen-bond acceptors (Lipinski definition) is 0. The van der Waals surface area contributed by atoms with Gasteiger partial charge in [-0.05, 0) is 57.5 Å². The largest absolute Gasteiger partial charge is 0.311 e. The molecule has 7 rings (SSSR count). The van der Waals surface area contributed by atoms with Crippen molar-refractivity contribution in [3.63, 3.8) is 0 Å². The Morgan fingerprint density at radius 3 is 1.31 bits per heavy atom. The van der Waals surface area contributed by atoms with Gasteiger partial charge in [-0.3, -0.25) is 0 Å². The monoisotopic (exact) mass is 584 g/mol. The van der Waals surface area contributed by atoms with Gasteiger partial charge in [-0.25, -0.2) is 0 Å². The quantitative estimate of drug-likeness (QED) is 0.181. The van der Waals surface area contributed by atoms with Crippen molar-refractivity contribution in [3.8, 4) is 11.4 Å². The van der Waals surface area contributed by atoms with E-state index in [1.165, 1.54) is 0 Å². The second kappa shape index (κ2) is 11.0. The maximum atomic E-state index is 6.74. The summed E-state index contributed by atoms with van der Waals surface area (Å²) >= 11 is 0. The van der Waals surface area contributed by atoms with E-state index in [1.54, 1.807) is 4.57 Å². The fourth-order valence-electron chi connectivity index (χ4n) is 6.85. The third-order valence-electron chi connectivity index (χ3n) is 9.54. The van der Waals surface area contributed by atoms with Crippen LogP contribution in [0.5, 0.6) is 0 Å². The molecule has 2 nitrogen and oxygen atoms in total. The molecule has 24 radical (unpaired) electrons. The first-order valence-corrected chi connectivity index (χ1v) is 15.1. The van der Waals surface area contributed by atoms with Crippen LogP contribution in [0.4, 0.5) is 0 Å². The highest BCUT2D eigenvalue weighted by Gasteiger charge is 2.25. The number of hydrogen-bond donors (Lipinski definition) is 0. The van der Waals surface area contributed by atoms with Crippen LogP contribution >= 0.6 is 0 Å². The average Bonchev–Trinajstić information content (AvgIpc) is 3.60. The van der Waals surface area contributed by atoms with Crippen LogP contribution in [0.3, 0.4) is 0 Å². The molecule has 0 atom stereocenters. The number of benzene rings is 5. The number of rotatable bonds is 2. The molecule has 7 aromatic rings. The molecule has 0 saturated carbocycles. The van der Waals surface area contributed by atoms with E-state index in [4.69, 9.17) is 94.2 Å². The zero-order chi connectivity index (χ0) is 34.9. The minimum absolute atomic E-state index is 0.110. The second-order valence-electron chi connectivity index (χ2n) is 13.3. The topological polar surface area (TPSA) is 9.86 Å². The fourth-order valence-corrected chi connectivity index (χ4v) is 6.85. The predicted molar refractivity (Wildman–Crippen MR) is 218 cm³/mol. The molecule has 0 fully saturated rings. The molecule has 198 valence electrons. The zero-order valence-electron chi connectivity index (χ0n) is 26.9. The van der Waals surface area contributed by atoms with Gasteiger partial charge in [-0.1, -0.05) is 65.7 Å². The Kier molecular flexibility index (Phi) is 7.56. The highest BCUT2D eigenvalue weighted by atomic mass is 15.0. The molecule has 0 aliphatic rings. The summed E-state index contributed by atoms with van der Waals surface area (Å²) in [5.74, 6) is 0. The summed E-state index contributed by atoms with van der Waals surface area (Å²) in [6.07, 6.45) is 0. The molecule has 0 amide bonds. The minimum Gasteiger partial charge on any atom is -0.311 e. The van der Waals surface area contributed by atoms with Gasteiger partial charge in [-0.15, -0.1) is 32.8 Å². The van der Waals surface area contributed by atoms with Crippen molar-refractivity contribution in [1.82, 2.24) is 9.13 Å². The fraction of sp³-hybridized carbons (Fsp3) is 0.118. The summed E-state index contributed by atoms with van der Waals surface area (Å²) in [4.78, 5) is 0. The maximum absolute atomic E-state index is 6.74. The van der Waals surface area contributed by atoms with Gasteiger partial charge in [0, 0.05) is 33.3 Å². The van der Waals surface area contributed by atoms with Gasteiger partial charge >= 0.3 is 0 Å². The van der Waals surface area contributed by atoms with E-state index in [0.717, 1.165) is 22.2 Å². The molecule has 14 heteroatoms. The first-order valence-electron chi connectivity index (χ1n) is 15.1. The lowest BCUT2D eigenvalue weighted by atomic mass is 9.63. The molecule has 0 saturated heterocycles. The lowest BCUT2D eigenvalue weighted by Gasteiger charge is -2.21. The zero-order valence-corrected chi connectivity index (χ0v) is 26.9. The van der Waals surface area contributed by atoms with Crippen LogP contribution in [0.1, 0.15) is 26.3 Å². The van der Waals surface area contributed by atoms with Gasteiger partial charge in [0.05, 0.1) is 5.52 Å². The van der Waals surface area contributed by atoms with Gasteiger partial charge in [0.25, 0.3) is 0 Å². The molecule has 0 bridgehead atoms. The Balaban J connectivity index is 1.70. The van der Waals surface area contributed by atoms with Crippen LogP contribution in [0.15, 0.2) is 42.5 Å².